The van der Waals surface area contributed by atoms with Crippen molar-refractivity contribution >= 4 is 33.2 Å². The fraction of sp³-hybridized carbons (Fsp3) is 0.212. The Labute approximate surface area is 214 Å². The summed E-state index contributed by atoms with van der Waals surface area (Å²) in [6.07, 6.45) is 1.38. The Balaban J connectivity index is 1.47. The minimum atomic E-state index is -1.05. The molecule has 1 saturated heterocycles. The second-order valence-electron chi connectivity index (χ2n) is 10.9. The molecule has 180 valence electrons. The van der Waals surface area contributed by atoms with Crippen molar-refractivity contribution in [3.63, 3.8) is 0 Å². The van der Waals surface area contributed by atoms with E-state index in [0.717, 1.165) is 50.4 Å². The van der Waals surface area contributed by atoms with Gasteiger partial charge in [-0.15, -0.1) is 0 Å². The van der Waals surface area contributed by atoms with Crippen molar-refractivity contribution in [2.24, 2.45) is 5.41 Å². The molecule has 5 aromatic rings. The summed E-state index contributed by atoms with van der Waals surface area (Å²) in [7, 11) is 2.04. The van der Waals surface area contributed by atoms with Crippen LogP contribution in [0, 0.1) is 5.41 Å². The number of para-hydroxylation sites is 1. The zero-order valence-corrected chi connectivity index (χ0v) is 20.6. The largest absolute Gasteiger partial charge is 0.352 e. The molecule has 2 aliphatic carbocycles. The average molecular weight is 483 g/mol. The molecule has 8 rings (SSSR count). The van der Waals surface area contributed by atoms with Crippen molar-refractivity contribution < 1.29 is 9.59 Å². The molecule has 0 saturated carbocycles. The molecule has 3 aliphatic rings. The van der Waals surface area contributed by atoms with Crippen LogP contribution in [0.1, 0.15) is 49.9 Å². The predicted octanol–water partition coefficient (Wildman–Crippen LogP) is 6.26. The van der Waals surface area contributed by atoms with E-state index in [9.17, 15) is 4.79 Å². The summed E-state index contributed by atoms with van der Waals surface area (Å²) in [4.78, 5) is 35.6. The second kappa shape index (κ2) is 7.05. The summed E-state index contributed by atoms with van der Waals surface area (Å²) in [6.45, 7) is 0.640. The van der Waals surface area contributed by atoms with Crippen molar-refractivity contribution in [3.8, 4) is 0 Å². The molecule has 1 N–H and O–H groups in total. The van der Waals surface area contributed by atoms with Gasteiger partial charge in [0.1, 0.15) is 5.54 Å². The predicted molar refractivity (Wildman–Crippen MR) is 145 cm³/mol. The monoisotopic (exact) mass is 482 g/mol. The Morgan fingerprint density at radius 3 is 2.43 bits per heavy atom. The van der Waals surface area contributed by atoms with E-state index in [4.69, 9.17) is 0 Å². The van der Waals surface area contributed by atoms with Gasteiger partial charge in [0.2, 0.25) is 0 Å². The third-order valence-corrected chi connectivity index (χ3v) is 9.55. The summed E-state index contributed by atoms with van der Waals surface area (Å²) >= 11 is 0. The van der Waals surface area contributed by atoms with E-state index >= 15 is 4.79 Å². The molecule has 1 aliphatic heterocycles. The lowest BCUT2D eigenvalue weighted by Gasteiger charge is -2.48. The number of nitrogens with zero attached hydrogens (tertiary/aromatic N) is 1. The van der Waals surface area contributed by atoms with Crippen LogP contribution in [0.15, 0.2) is 91.0 Å². The molecule has 0 unspecified atom stereocenters. The molecule has 0 bridgehead atoms. The van der Waals surface area contributed by atoms with Crippen LogP contribution in [0.25, 0.3) is 21.7 Å². The van der Waals surface area contributed by atoms with E-state index in [1.54, 1.807) is 0 Å². The number of hydrogen-bond donors (Lipinski definition) is 1. The van der Waals surface area contributed by atoms with E-state index in [0.29, 0.717) is 18.7 Å². The van der Waals surface area contributed by atoms with Gasteiger partial charge in [-0.1, -0.05) is 84.9 Å². The Kier molecular flexibility index (Phi) is 4.02. The molecule has 3 atom stereocenters. The lowest BCUT2D eigenvalue weighted by molar-refractivity contribution is 0.0262. The topological polar surface area (TPSA) is 53.2 Å². The number of carbonyl (C=O) groups is 2. The second-order valence-corrected chi connectivity index (χ2v) is 10.9. The Bertz CT molecular complexity index is 1780. The first-order valence-corrected chi connectivity index (χ1v) is 13.1. The number of likely N-dealkylation sites (tertiary alicyclic amines) is 1. The number of carbonyl (C=O) groups excluding carboxylic acids is 2. The maximum atomic E-state index is 15.1. The minimum absolute atomic E-state index is 0.0631. The molecule has 4 heteroatoms. The minimum Gasteiger partial charge on any atom is -0.352 e. The van der Waals surface area contributed by atoms with Gasteiger partial charge >= 0.3 is 0 Å². The number of rotatable bonds is 1. The first kappa shape index (κ1) is 21.1. The van der Waals surface area contributed by atoms with Crippen molar-refractivity contribution in [3.05, 3.63) is 119 Å². The van der Waals surface area contributed by atoms with E-state index in [-0.39, 0.29) is 17.5 Å². The summed E-state index contributed by atoms with van der Waals surface area (Å²) < 4.78 is 0. The molecular formula is C33H26N2O2. The molecule has 2 heterocycles. The first-order chi connectivity index (χ1) is 18.1. The zero-order valence-electron chi connectivity index (χ0n) is 20.6. The van der Waals surface area contributed by atoms with Gasteiger partial charge in [0, 0.05) is 28.9 Å². The molecule has 0 radical (unpaired) electrons. The van der Waals surface area contributed by atoms with Gasteiger partial charge in [0.15, 0.2) is 11.6 Å². The SMILES string of the molecule is CN1C[C@H](c2ccccc2)[C@]2(CCc3c([nH]c4ccccc34)C2=O)[C@]12C(=O)c1cccc3cccc2c13. The van der Waals surface area contributed by atoms with Gasteiger partial charge < -0.3 is 4.98 Å². The highest BCUT2D eigenvalue weighted by Crippen LogP contribution is 2.67. The maximum absolute atomic E-state index is 15.1. The summed E-state index contributed by atoms with van der Waals surface area (Å²) in [5.74, 6) is 0.0220. The molecular weight excluding hydrogens is 456 g/mol. The van der Waals surface area contributed by atoms with Crippen molar-refractivity contribution in [2.45, 2.75) is 24.3 Å². The van der Waals surface area contributed by atoms with Crippen LogP contribution in [0.2, 0.25) is 0 Å². The zero-order chi connectivity index (χ0) is 24.9. The van der Waals surface area contributed by atoms with E-state index in [2.05, 4.69) is 46.3 Å². The quantitative estimate of drug-likeness (QED) is 0.307. The van der Waals surface area contributed by atoms with Crippen LogP contribution in [-0.2, 0) is 12.0 Å². The third kappa shape index (κ3) is 2.29. The van der Waals surface area contributed by atoms with Crippen LogP contribution < -0.4 is 0 Å². The van der Waals surface area contributed by atoms with E-state index in [1.807, 2.05) is 61.6 Å². The molecule has 1 aromatic heterocycles. The fourth-order valence-electron chi connectivity index (χ4n) is 8.20. The number of aryl methyl sites for hydroxylation is 1. The molecule has 4 nitrogen and oxygen atoms in total. The Morgan fingerprint density at radius 2 is 1.59 bits per heavy atom. The van der Waals surface area contributed by atoms with Crippen LogP contribution in [-0.4, -0.2) is 35.0 Å². The highest BCUT2D eigenvalue weighted by Gasteiger charge is 2.73. The first-order valence-electron chi connectivity index (χ1n) is 13.1. The number of aromatic nitrogens is 1. The maximum Gasteiger partial charge on any atom is 0.189 e. The Hall–Kier alpha value is -4.02. The van der Waals surface area contributed by atoms with Gasteiger partial charge in [-0.3, -0.25) is 14.5 Å². The molecule has 37 heavy (non-hydrogen) atoms. The standard InChI is InChI=1S/C33H26N2O2/c1-35-19-26(20-9-3-2-4-10-20)32(18-17-23-22-13-5-6-16-27(22)34-29(23)31(32)37)33(35)25-15-8-12-21-11-7-14-24(28(21)25)30(33)36/h2-16,26,34H,17-19H2,1H3/t26-,32+,33+/m1/s1. The summed E-state index contributed by atoms with van der Waals surface area (Å²) in [6, 6.07) is 30.7. The number of ketones is 2. The smallest absolute Gasteiger partial charge is 0.189 e. The lowest BCUT2D eigenvalue weighted by atomic mass is 9.53. The van der Waals surface area contributed by atoms with Crippen LogP contribution in [0.4, 0.5) is 0 Å². The highest BCUT2D eigenvalue weighted by atomic mass is 16.1. The number of Topliss-reactive ketones (excluding diaryl/α,β-unsaturated/α-hetero) is 2. The number of H-pyrrole nitrogens is 1. The van der Waals surface area contributed by atoms with Crippen molar-refractivity contribution in [2.75, 3.05) is 13.6 Å². The third-order valence-electron chi connectivity index (χ3n) is 9.55. The van der Waals surface area contributed by atoms with Gasteiger partial charge in [0.05, 0.1) is 11.1 Å². The van der Waals surface area contributed by atoms with Gasteiger partial charge in [-0.2, -0.15) is 0 Å². The lowest BCUT2D eigenvalue weighted by Crippen LogP contribution is -2.59. The number of nitrogens with one attached hydrogen (secondary N) is 1. The molecule has 1 fully saturated rings. The van der Waals surface area contributed by atoms with Gasteiger partial charge in [0.25, 0.3) is 0 Å². The van der Waals surface area contributed by atoms with Crippen LogP contribution in [0.3, 0.4) is 0 Å². The fourth-order valence-corrected chi connectivity index (χ4v) is 8.20. The number of likely N-dealkylation sites (N-methyl/N-ethyl adjacent to an activating group) is 1. The number of benzene rings is 4. The molecule has 4 aromatic carbocycles. The van der Waals surface area contributed by atoms with Crippen molar-refractivity contribution in [1.82, 2.24) is 9.88 Å². The summed E-state index contributed by atoms with van der Waals surface area (Å²) in [5.41, 5.74) is 3.61. The normalized spacial score (nSPS) is 26.7. The van der Waals surface area contributed by atoms with Crippen LogP contribution in [0.5, 0.6) is 0 Å². The van der Waals surface area contributed by atoms with E-state index < -0.39 is 11.0 Å². The molecule has 2 spiro atoms. The van der Waals surface area contributed by atoms with Gasteiger partial charge in [-0.25, -0.2) is 0 Å². The van der Waals surface area contributed by atoms with Crippen molar-refractivity contribution in [1.29, 1.82) is 0 Å². The van der Waals surface area contributed by atoms with Gasteiger partial charge in [-0.05, 0) is 53.4 Å². The van der Waals surface area contributed by atoms with Crippen LogP contribution >= 0.6 is 0 Å². The number of aromatic amines is 1. The molecule has 0 amide bonds. The number of hydrogen-bond acceptors (Lipinski definition) is 3. The summed E-state index contributed by atoms with van der Waals surface area (Å²) in [5, 5.41) is 3.17. The average Bonchev–Trinajstić information content (AvgIpc) is 3.53. The Morgan fingerprint density at radius 1 is 0.838 bits per heavy atom. The number of fused-ring (bicyclic) bond motifs is 5. The van der Waals surface area contributed by atoms with E-state index in [1.165, 1.54) is 0 Å². The highest BCUT2D eigenvalue weighted by molar-refractivity contribution is 6.24.